The summed E-state index contributed by atoms with van der Waals surface area (Å²) >= 11 is 0. The molecule has 0 radical (unpaired) electrons. The Bertz CT molecular complexity index is 350. The number of rotatable bonds is 5. The molecule has 3 N–H and O–H groups in total. The lowest BCUT2D eigenvalue weighted by atomic mass is 9.83. The van der Waals surface area contributed by atoms with Crippen LogP contribution in [-0.2, 0) is 5.41 Å². The lowest BCUT2D eigenvalue weighted by molar-refractivity contribution is 0.266. The summed E-state index contributed by atoms with van der Waals surface area (Å²) in [7, 11) is 0. The summed E-state index contributed by atoms with van der Waals surface area (Å²) in [5, 5.41) is 9.17. The van der Waals surface area contributed by atoms with Gasteiger partial charge >= 0.3 is 0 Å². The first-order valence-corrected chi connectivity index (χ1v) is 6.87. The van der Waals surface area contributed by atoms with Crippen LogP contribution < -0.4 is 5.73 Å². The SMILES string of the molecule is CCC(N)C(CCO)c1ccc(C(C)(C)C)cc1. The van der Waals surface area contributed by atoms with E-state index in [1.165, 1.54) is 11.1 Å². The molecule has 0 aliphatic rings. The molecule has 18 heavy (non-hydrogen) atoms. The van der Waals surface area contributed by atoms with Gasteiger partial charge in [-0.3, -0.25) is 0 Å². The van der Waals surface area contributed by atoms with Crippen LogP contribution >= 0.6 is 0 Å². The summed E-state index contributed by atoms with van der Waals surface area (Å²) in [6.07, 6.45) is 1.68. The molecule has 0 spiro atoms. The largest absolute Gasteiger partial charge is 0.396 e. The van der Waals surface area contributed by atoms with Gasteiger partial charge in [0, 0.05) is 18.6 Å². The van der Waals surface area contributed by atoms with Gasteiger partial charge in [-0.15, -0.1) is 0 Å². The summed E-state index contributed by atoms with van der Waals surface area (Å²) in [4.78, 5) is 0. The Hall–Kier alpha value is -0.860. The Morgan fingerprint density at radius 2 is 1.72 bits per heavy atom. The van der Waals surface area contributed by atoms with E-state index in [2.05, 4.69) is 52.0 Å². The summed E-state index contributed by atoms with van der Waals surface area (Å²) in [5.41, 5.74) is 8.90. The van der Waals surface area contributed by atoms with Gasteiger partial charge in [0.25, 0.3) is 0 Å². The lowest BCUT2D eigenvalue weighted by Gasteiger charge is -2.24. The van der Waals surface area contributed by atoms with Crippen LogP contribution in [0.5, 0.6) is 0 Å². The average molecular weight is 249 g/mol. The molecule has 1 aromatic carbocycles. The molecule has 0 saturated heterocycles. The van der Waals surface area contributed by atoms with Gasteiger partial charge in [0.2, 0.25) is 0 Å². The number of hydrogen-bond acceptors (Lipinski definition) is 2. The minimum absolute atomic E-state index is 0.123. The minimum Gasteiger partial charge on any atom is -0.396 e. The van der Waals surface area contributed by atoms with E-state index in [9.17, 15) is 5.11 Å². The highest BCUT2D eigenvalue weighted by atomic mass is 16.3. The van der Waals surface area contributed by atoms with E-state index in [1.54, 1.807) is 0 Å². The lowest BCUT2D eigenvalue weighted by Crippen LogP contribution is -2.28. The molecule has 0 heterocycles. The van der Waals surface area contributed by atoms with E-state index >= 15 is 0 Å². The number of aliphatic hydroxyl groups excluding tert-OH is 1. The van der Waals surface area contributed by atoms with Gasteiger partial charge in [0.05, 0.1) is 0 Å². The quantitative estimate of drug-likeness (QED) is 0.842. The van der Waals surface area contributed by atoms with Gasteiger partial charge in [0.1, 0.15) is 0 Å². The van der Waals surface area contributed by atoms with Crippen LogP contribution in [0.3, 0.4) is 0 Å². The zero-order valence-electron chi connectivity index (χ0n) is 12.1. The van der Waals surface area contributed by atoms with Gasteiger partial charge in [-0.2, -0.15) is 0 Å². The molecule has 0 saturated carbocycles. The molecular weight excluding hydrogens is 222 g/mol. The number of benzene rings is 1. The van der Waals surface area contributed by atoms with E-state index in [0.29, 0.717) is 0 Å². The van der Waals surface area contributed by atoms with Crippen molar-refractivity contribution in [3.8, 4) is 0 Å². The Morgan fingerprint density at radius 3 is 2.11 bits per heavy atom. The monoisotopic (exact) mass is 249 g/mol. The van der Waals surface area contributed by atoms with E-state index in [-0.39, 0.29) is 24.0 Å². The van der Waals surface area contributed by atoms with Crippen LogP contribution in [0.2, 0.25) is 0 Å². The second kappa shape index (κ2) is 6.35. The van der Waals surface area contributed by atoms with Crippen LogP contribution in [-0.4, -0.2) is 17.8 Å². The second-order valence-electron chi connectivity index (χ2n) is 6.06. The van der Waals surface area contributed by atoms with E-state index in [4.69, 9.17) is 5.73 Å². The maximum Gasteiger partial charge on any atom is 0.0437 e. The molecule has 2 atom stereocenters. The molecule has 0 aliphatic carbocycles. The number of aliphatic hydroxyl groups is 1. The Labute approximate surface area is 111 Å². The normalized spacial score (nSPS) is 15.4. The summed E-state index contributed by atoms with van der Waals surface area (Å²) in [5.74, 6) is 0.258. The van der Waals surface area contributed by atoms with Gasteiger partial charge in [-0.05, 0) is 29.4 Å². The van der Waals surface area contributed by atoms with Crippen molar-refractivity contribution >= 4 is 0 Å². The second-order valence-corrected chi connectivity index (χ2v) is 6.06. The van der Waals surface area contributed by atoms with Gasteiger partial charge < -0.3 is 10.8 Å². The van der Waals surface area contributed by atoms with Crippen LogP contribution in [0, 0.1) is 0 Å². The van der Waals surface area contributed by atoms with Crippen molar-refractivity contribution in [2.45, 2.75) is 57.9 Å². The Kier molecular flexibility index (Phi) is 5.36. The third-order valence-electron chi connectivity index (χ3n) is 3.63. The average Bonchev–Trinajstić information content (AvgIpc) is 2.34. The highest BCUT2D eigenvalue weighted by Gasteiger charge is 2.19. The zero-order valence-corrected chi connectivity index (χ0v) is 12.1. The molecule has 0 fully saturated rings. The number of hydrogen-bond donors (Lipinski definition) is 2. The van der Waals surface area contributed by atoms with Crippen molar-refractivity contribution in [1.82, 2.24) is 0 Å². The predicted molar refractivity (Wildman–Crippen MR) is 77.9 cm³/mol. The summed E-state index contributed by atoms with van der Waals surface area (Å²) in [6.45, 7) is 8.93. The highest BCUT2D eigenvalue weighted by Crippen LogP contribution is 2.27. The fourth-order valence-corrected chi connectivity index (χ4v) is 2.28. The molecule has 102 valence electrons. The smallest absolute Gasteiger partial charge is 0.0437 e. The van der Waals surface area contributed by atoms with Gasteiger partial charge in [0.15, 0.2) is 0 Å². The van der Waals surface area contributed by atoms with Crippen molar-refractivity contribution < 1.29 is 5.11 Å². The molecule has 1 aromatic rings. The third kappa shape index (κ3) is 3.82. The first-order chi connectivity index (χ1) is 8.40. The van der Waals surface area contributed by atoms with Crippen molar-refractivity contribution in [2.24, 2.45) is 5.73 Å². The summed E-state index contributed by atoms with van der Waals surface area (Å²) < 4.78 is 0. The summed E-state index contributed by atoms with van der Waals surface area (Å²) in [6, 6.07) is 8.81. The van der Waals surface area contributed by atoms with E-state index < -0.39 is 0 Å². The minimum atomic E-state index is 0.123. The molecule has 1 rings (SSSR count). The molecule has 0 amide bonds. The zero-order chi connectivity index (χ0) is 13.8. The van der Waals surface area contributed by atoms with Crippen molar-refractivity contribution in [3.63, 3.8) is 0 Å². The molecule has 0 aliphatic heterocycles. The van der Waals surface area contributed by atoms with Crippen LogP contribution in [0.1, 0.15) is 57.6 Å². The van der Waals surface area contributed by atoms with Gasteiger partial charge in [-0.1, -0.05) is 52.0 Å². The maximum atomic E-state index is 9.17. The van der Waals surface area contributed by atoms with E-state index in [1.807, 2.05) is 0 Å². The van der Waals surface area contributed by atoms with Crippen LogP contribution in [0.25, 0.3) is 0 Å². The molecule has 2 unspecified atom stereocenters. The first kappa shape index (κ1) is 15.2. The molecule has 0 bridgehead atoms. The molecular formula is C16H27NO. The Balaban J connectivity index is 2.93. The first-order valence-electron chi connectivity index (χ1n) is 6.87. The highest BCUT2D eigenvalue weighted by molar-refractivity contribution is 5.30. The standard InChI is InChI=1S/C16H27NO/c1-5-15(17)14(10-11-18)12-6-8-13(9-7-12)16(2,3)4/h6-9,14-15,18H,5,10-11,17H2,1-4H3. The van der Waals surface area contributed by atoms with Crippen molar-refractivity contribution in [3.05, 3.63) is 35.4 Å². The topological polar surface area (TPSA) is 46.2 Å². The fourth-order valence-electron chi connectivity index (χ4n) is 2.28. The van der Waals surface area contributed by atoms with Gasteiger partial charge in [-0.25, -0.2) is 0 Å². The number of nitrogens with two attached hydrogens (primary N) is 1. The Morgan fingerprint density at radius 1 is 1.17 bits per heavy atom. The van der Waals surface area contributed by atoms with E-state index in [0.717, 1.165) is 12.8 Å². The van der Waals surface area contributed by atoms with Crippen LogP contribution in [0.4, 0.5) is 0 Å². The third-order valence-corrected chi connectivity index (χ3v) is 3.63. The molecule has 2 nitrogen and oxygen atoms in total. The maximum absolute atomic E-state index is 9.17. The van der Waals surface area contributed by atoms with Crippen molar-refractivity contribution in [2.75, 3.05) is 6.61 Å². The van der Waals surface area contributed by atoms with Crippen molar-refractivity contribution in [1.29, 1.82) is 0 Å². The molecule has 2 heteroatoms. The predicted octanol–water partition coefficient (Wildman–Crippen LogP) is 3.19. The fraction of sp³-hybridized carbons (Fsp3) is 0.625. The van der Waals surface area contributed by atoms with Crippen LogP contribution in [0.15, 0.2) is 24.3 Å². The molecule has 0 aromatic heterocycles.